The molecule has 1 aromatic rings. The monoisotopic (exact) mass is 184 g/mol. The van der Waals surface area contributed by atoms with Gasteiger partial charge in [0, 0.05) is 32.9 Å². The molecular formula is C8H16N4O. The number of ether oxygens (including phenoxy) is 1. The zero-order chi connectivity index (χ0) is 9.52. The quantitative estimate of drug-likeness (QED) is 0.634. The van der Waals surface area contributed by atoms with E-state index < -0.39 is 0 Å². The Morgan fingerprint density at radius 1 is 1.62 bits per heavy atom. The average molecular weight is 184 g/mol. The first-order chi connectivity index (χ1) is 6.36. The van der Waals surface area contributed by atoms with Crippen molar-refractivity contribution in [3.8, 4) is 0 Å². The van der Waals surface area contributed by atoms with Gasteiger partial charge in [-0.25, -0.2) is 0 Å². The van der Waals surface area contributed by atoms with Gasteiger partial charge in [-0.15, -0.1) is 5.10 Å². The highest BCUT2D eigenvalue weighted by Crippen LogP contribution is 1.91. The van der Waals surface area contributed by atoms with E-state index in [1.165, 1.54) is 0 Å². The fourth-order valence-corrected chi connectivity index (χ4v) is 0.965. The molecule has 0 aliphatic heterocycles. The molecule has 0 aliphatic rings. The van der Waals surface area contributed by atoms with E-state index >= 15 is 0 Å². The van der Waals surface area contributed by atoms with Crippen LogP contribution in [-0.2, 0) is 17.8 Å². The molecule has 0 saturated carbocycles. The highest BCUT2D eigenvalue weighted by Gasteiger charge is 1.97. The molecule has 0 bridgehead atoms. The molecule has 0 fully saturated rings. The summed E-state index contributed by atoms with van der Waals surface area (Å²) in [5.74, 6) is 0. The molecule has 13 heavy (non-hydrogen) atoms. The summed E-state index contributed by atoms with van der Waals surface area (Å²) in [5.41, 5.74) is 0.970. The number of aryl methyl sites for hydroxylation is 1. The smallest absolute Gasteiger partial charge is 0.0964 e. The molecule has 0 spiro atoms. The van der Waals surface area contributed by atoms with Crippen molar-refractivity contribution in [1.82, 2.24) is 20.3 Å². The Kier molecular flexibility index (Phi) is 4.42. The Labute approximate surface area is 78.1 Å². The fraction of sp³-hybridized carbons (Fsp3) is 0.750. The predicted molar refractivity (Wildman–Crippen MR) is 49.3 cm³/mol. The van der Waals surface area contributed by atoms with Gasteiger partial charge in [0.1, 0.15) is 0 Å². The summed E-state index contributed by atoms with van der Waals surface area (Å²) >= 11 is 0. The molecule has 0 unspecified atom stereocenters. The van der Waals surface area contributed by atoms with Crippen LogP contribution in [0.1, 0.15) is 12.6 Å². The summed E-state index contributed by atoms with van der Waals surface area (Å²) in [5, 5.41) is 11.1. The van der Waals surface area contributed by atoms with Crippen LogP contribution in [0.4, 0.5) is 0 Å². The maximum atomic E-state index is 4.90. The summed E-state index contributed by atoms with van der Waals surface area (Å²) in [4.78, 5) is 0. The number of hydrogen-bond acceptors (Lipinski definition) is 4. The molecule has 0 radical (unpaired) electrons. The summed E-state index contributed by atoms with van der Waals surface area (Å²) in [7, 11) is 1.69. The van der Waals surface area contributed by atoms with Gasteiger partial charge in [0.2, 0.25) is 0 Å². The van der Waals surface area contributed by atoms with Gasteiger partial charge in [0.15, 0.2) is 0 Å². The van der Waals surface area contributed by atoms with Gasteiger partial charge in [-0.1, -0.05) is 5.21 Å². The lowest BCUT2D eigenvalue weighted by molar-refractivity contribution is 0.199. The van der Waals surface area contributed by atoms with Crippen molar-refractivity contribution in [1.29, 1.82) is 0 Å². The van der Waals surface area contributed by atoms with Crippen LogP contribution in [0.5, 0.6) is 0 Å². The second-order valence-corrected chi connectivity index (χ2v) is 2.74. The standard InChI is InChI=1S/C8H16N4O/c1-3-12-7-8(10-11-12)6-9-4-5-13-2/h7,9H,3-6H2,1-2H3. The molecule has 0 saturated heterocycles. The molecule has 1 aromatic heterocycles. The first-order valence-electron chi connectivity index (χ1n) is 4.45. The van der Waals surface area contributed by atoms with E-state index in [0.717, 1.165) is 31.9 Å². The van der Waals surface area contributed by atoms with E-state index in [1.807, 2.05) is 17.8 Å². The fourth-order valence-electron chi connectivity index (χ4n) is 0.965. The van der Waals surface area contributed by atoms with Gasteiger partial charge >= 0.3 is 0 Å². The lowest BCUT2D eigenvalue weighted by Crippen LogP contribution is -2.18. The van der Waals surface area contributed by atoms with Crippen LogP contribution in [-0.4, -0.2) is 35.3 Å². The van der Waals surface area contributed by atoms with Crippen molar-refractivity contribution in [3.05, 3.63) is 11.9 Å². The van der Waals surface area contributed by atoms with Crippen LogP contribution >= 0.6 is 0 Å². The number of aromatic nitrogens is 3. The Morgan fingerprint density at radius 2 is 2.46 bits per heavy atom. The van der Waals surface area contributed by atoms with E-state index in [9.17, 15) is 0 Å². The molecule has 1 rings (SSSR count). The minimum Gasteiger partial charge on any atom is -0.383 e. The Hall–Kier alpha value is -0.940. The van der Waals surface area contributed by atoms with Crippen LogP contribution in [0.3, 0.4) is 0 Å². The second-order valence-electron chi connectivity index (χ2n) is 2.74. The second kappa shape index (κ2) is 5.66. The minimum absolute atomic E-state index is 0.724. The maximum Gasteiger partial charge on any atom is 0.0964 e. The van der Waals surface area contributed by atoms with Gasteiger partial charge in [-0.2, -0.15) is 0 Å². The van der Waals surface area contributed by atoms with Gasteiger partial charge in [-0.05, 0) is 6.92 Å². The van der Waals surface area contributed by atoms with Gasteiger partial charge in [0.25, 0.3) is 0 Å². The average Bonchev–Trinajstić information content (AvgIpc) is 2.60. The summed E-state index contributed by atoms with van der Waals surface area (Å²) in [6.07, 6.45) is 1.94. The molecule has 0 aromatic carbocycles. The number of methoxy groups -OCH3 is 1. The Morgan fingerprint density at radius 3 is 3.08 bits per heavy atom. The van der Waals surface area contributed by atoms with Crippen molar-refractivity contribution in [2.45, 2.75) is 20.0 Å². The number of hydrogen-bond donors (Lipinski definition) is 1. The largest absolute Gasteiger partial charge is 0.383 e. The molecule has 0 amide bonds. The third-order valence-corrected chi connectivity index (χ3v) is 1.70. The van der Waals surface area contributed by atoms with Crippen LogP contribution in [0.25, 0.3) is 0 Å². The highest BCUT2D eigenvalue weighted by atomic mass is 16.5. The van der Waals surface area contributed by atoms with E-state index in [-0.39, 0.29) is 0 Å². The lowest BCUT2D eigenvalue weighted by atomic mass is 10.4. The summed E-state index contributed by atoms with van der Waals surface area (Å²) in [6, 6.07) is 0. The van der Waals surface area contributed by atoms with Crippen LogP contribution in [0, 0.1) is 0 Å². The third kappa shape index (κ3) is 3.52. The first-order valence-corrected chi connectivity index (χ1v) is 4.45. The SMILES string of the molecule is CCn1cc(CNCCOC)nn1. The Balaban J connectivity index is 2.20. The molecule has 0 atom stereocenters. The molecule has 0 aliphatic carbocycles. The van der Waals surface area contributed by atoms with Gasteiger partial charge in [-0.3, -0.25) is 4.68 Å². The van der Waals surface area contributed by atoms with Gasteiger partial charge in [0.05, 0.1) is 12.3 Å². The molecule has 74 valence electrons. The van der Waals surface area contributed by atoms with Crippen LogP contribution in [0.2, 0.25) is 0 Å². The van der Waals surface area contributed by atoms with E-state index in [0.29, 0.717) is 0 Å². The lowest BCUT2D eigenvalue weighted by Gasteiger charge is -1.99. The highest BCUT2D eigenvalue weighted by molar-refractivity contribution is 4.91. The van der Waals surface area contributed by atoms with Crippen molar-refractivity contribution >= 4 is 0 Å². The number of nitrogens with zero attached hydrogens (tertiary/aromatic N) is 3. The van der Waals surface area contributed by atoms with Crippen molar-refractivity contribution < 1.29 is 4.74 Å². The number of rotatable bonds is 6. The Bertz CT molecular complexity index is 236. The zero-order valence-electron chi connectivity index (χ0n) is 8.16. The zero-order valence-corrected chi connectivity index (χ0v) is 8.16. The van der Waals surface area contributed by atoms with Crippen LogP contribution < -0.4 is 5.32 Å². The van der Waals surface area contributed by atoms with Crippen molar-refractivity contribution in [2.75, 3.05) is 20.3 Å². The maximum absolute atomic E-state index is 4.90. The normalized spacial score (nSPS) is 10.6. The summed E-state index contributed by atoms with van der Waals surface area (Å²) in [6.45, 7) is 5.22. The molecule has 1 heterocycles. The molecule has 5 heteroatoms. The van der Waals surface area contributed by atoms with E-state index in [2.05, 4.69) is 15.6 Å². The summed E-state index contributed by atoms with van der Waals surface area (Å²) < 4.78 is 6.72. The minimum atomic E-state index is 0.724. The molecule has 1 N–H and O–H groups in total. The van der Waals surface area contributed by atoms with E-state index in [4.69, 9.17) is 4.74 Å². The van der Waals surface area contributed by atoms with Gasteiger partial charge < -0.3 is 10.1 Å². The topological polar surface area (TPSA) is 52.0 Å². The third-order valence-electron chi connectivity index (χ3n) is 1.70. The molecule has 5 nitrogen and oxygen atoms in total. The number of nitrogens with one attached hydrogen (secondary N) is 1. The van der Waals surface area contributed by atoms with Crippen LogP contribution in [0.15, 0.2) is 6.20 Å². The first kappa shape index (κ1) is 10.1. The molecular weight excluding hydrogens is 168 g/mol. The van der Waals surface area contributed by atoms with E-state index in [1.54, 1.807) is 7.11 Å². The van der Waals surface area contributed by atoms with Crippen molar-refractivity contribution in [2.24, 2.45) is 0 Å². The predicted octanol–water partition coefficient (Wildman–Crippen LogP) is 0.0340. The van der Waals surface area contributed by atoms with Crippen molar-refractivity contribution in [3.63, 3.8) is 0 Å².